The van der Waals surface area contributed by atoms with Crippen molar-refractivity contribution >= 4 is 23.3 Å². The van der Waals surface area contributed by atoms with Crippen molar-refractivity contribution in [1.29, 1.82) is 0 Å². The van der Waals surface area contributed by atoms with Crippen LogP contribution in [0.1, 0.15) is 15.9 Å². The Hall–Kier alpha value is -2.27. The van der Waals surface area contributed by atoms with Gasteiger partial charge in [-0.3, -0.25) is 0 Å². The number of methoxy groups -OCH3 is 1. The van der Waals surface area contributed by atoms with E-state index in [9.17, 15) is 9.18 Å². The van der Waals surface area contributed by atoms with Crippen molar-refractivity contribution in [3.05, 3.63) is 58.4 Å². The van der Waals surface area contributed by atoms with Gasteiger partial charge in [-0.25, -0.2) is 9.18 Å². The summed E-state index contributed by atoms with van der Waals surface area (Å²) < 4.78 is 23.2. The molecule has 0 atom stereocenters. The van der Waals surface area contributed by atoms with Gasteiger partial charge in [-0.1, -0.05) is 23.7 Å². The Labute approximate surface area is 126 Å². The normalized spacial score (nSPS) is 10.2. The Balaban J connectivity index is 2.14. The zero-order valence-electron chi connectivity index (χ0n) is 11.2. The van der Waals surface area contributed by atoms with Gasteiger partial charge in [0, 0.05) is 5.56 Å². The predicted octanol–water partition coefficient (Wildman–Crippen LogP) is 3.43. The smallest absolute Gasteiger partial charge is 0.342 e. The van der Waals surface area contributed by atoms with Crippen molar-refractivity contribution in [3.63, 3.8) is 0 Å². The minimum absolute atomic E-state index is 0.0735. The first-order valence-corrected chi connectivity index (χ1v) is 6.44. The molecule has 0 aromatic heterocycles. The summed E-state index contributed by atoms with van der Waals surface area (Å²) in [6, 6.07) is 8.65. The summed E-state index contributed by atoms with van der Waals surface area (Å²) >= 11 is 5.87. The number of carbonyl (C=O) groups is 1. The molecule has 21 heavy (non-hydrogen) atoms. The molecule has 2 aromatic rings. The van der Waals surface area contributed by atoms with Gasteiger partial charge in [-0.2, -0.15) is 0 Å². The van der Waals surface area contributed by atoms with Gasteiger partial charge < -0.3 is 15.2 Å². The lowest BCUT2D eigenvalue weighted by molar-refractivity contribution is 0.0469. The fraction of sp³-hybridized carbons (Fsp3) is 0.133. The number of ether oxygens (including phenoxy) is 2. The first-order valence-electron chi connectivity index (χ1n) is 6.06. The van der Waals surface area contributed by atoms with Crippen LogP contribution in [0.5, 0.6) is 5.75 Å². The number of nitrogen functional groups attached to an aromatic ring is 1. The highest BCUT2D eigenvalue weighted by molar-refractivity contribution is 6.31. The van der Waals surface area contributed by atoms with Crippen molar-refractivity contribution in [2.24, 2.45) is 0 Å². The second-order valence-corrected chi connectivity index (χ2v) is 4.65. The van der Waals surface area contributed by atoms with Gasteiger partial charge in [0.05, 0.1) is 17.8 Å². The molecular weight excluding hydrogens is 297 g/mol. The van der Waals surface area contributed by atoms with Gasteiger partial charge in [-0.05, 0) is 24.3 Å². The summed E-state index contributed by atoms with van der Waals surface area (Å²) in [5.41, 5.74) is 6.79. The molecule has 0 aliphatic rings. The van der Waals surface area contributed by atoms with Gasteiger partial charge in [0.25, 0.3) is 0 Å². The average molecular weight is 310 g/mol. The van der Waals surface area contributed by atoms with Crippen LogP contribution in [0.3, 0.4) is 0 Å². The lowest BCUT2D eigenvalue weighted by Gasteiger charge is -2.11. The Kier molecular flexibility index (Phi) is 4.65. The molecule has 6 heteroatoms. The third-order valence-corrected chi connectivity index (χ3v) is 3.20. The number of hydrogen-bond acceptors (Lipinski definition) is 4. The molecule has 0 aliphatic carbocycles. The Morgan fingerprint density at radius 3 is 2.76 bits per heavy atom. The minimum Gasteiger partial charge on any atom is -0.494 e. The van der Waals surface area contributed by atoms with E-state index < -0.39 is 11.8 Å². The van der Waals surface area contributed by atoms with E-state index in [2.05, 4.69) is 0 Å². The van der Waals surface area contributed by atoms with E-state index in [1.54, 1.807) is 18.2 Å². The van der Waals surface area contributed by atoms with Crippen LogP contribution in [0, 0.1) is 5.82 Å². The Morgan fingerprint density at radius 1 is 1.33 bits per heavy atom. The van der Waals surface area contributed by atoms with Crippen molar-refractivity contribution in [3.8, 4) is 5.75 Å². The summed E-state index contributed by atoms with van der Waals surface area (Å²) in [5, 5.41) is 0.197. The maximum Gasteiger partial charge on any atom is 0.342 e. The van der Waals surface area contributed by atoms with E-state index >= 15 is 0 Å². The second-order valence-electron chi connectivity index (χ2n) is 4.24. The molecule has 0 bridgehead atoms. The second kappa shape index (κ2) is 6.45. The number of halogens is 2. The minimum atomic E-state index is -0.598. The van der Waals surface area contributed by atoms with Gasteiger partial charge in [0.15, 0.2) is 5.75 Å². The van der Waals surface area contributed by atoms with E-state index in [4.69, 9.17) is 26.8 Å². The predicted molar refractivity (Wildman–Crippen MR) is 77.9 cm³/mol. The lowest BCUT2D eigenvalue weighted by Crippen LogP contribution is -2.08. The zero-order valence-corrected chi connectivity index (χ0v) is 12.0. The molecule has 110 valence electrons. The molecule has 0 radical (unpaired) electrons. The third kappa shape index (κ3) is 3.44. The van der Waals surface area contributed by atoms with Crippen molar-refractivity contribution in [2.45, 2.75) is 6.61 Å². The van der Waals surface area contributed by atoms with Gasteiger partial charge >= 0.3 is 5.97 Å². The molecule has 0 amide bonds. The first kappa shape index (κ1) is 15.1. The molecule has 0 fully saturated rings. The summed E-state index contributed by atoms with van der Waals surface area (Å²) in [6.07, 6.45) is 0. The maximum absolute atomic E-state index is 12.9. The van der Waals surface area contributed by atoms with Gasteiger partial charge in [0.2, 0.25) is 0 Å². The molecule has 2 N–H and O–H groups in total. The Morgan fingerprint density at radius 2 is 2.10 bits per heavy atom. The van der Waals surface area contributed by atoms with Crippen LogP contribution in [-0.2, 0) is 11.3 Å². The topological polar surface area (TPSA) is 61.5 Å². The fourth-order valence-electron chi connectivity index (χ4n) is 1.80. The number of para-hydroxylation sites is 1. The Bertz CT molecular complexity index is 676. The van der Waals surface area contributed by atoms with Crippen LogP contribution >= 0.6 is 11.6 Å². The van der Waals surface area contributed by atoms with E-state index in [1.165, 1.54) is 19.2 Å². The quantitative estimate of drug-likeness (QED) is 0.694. The molecule has 0 unspecified atom stereocenters. The van der Waals surface area contributed by atoms with E-state index in [-0.39, 0.29) is 22.9 Å². The monoisotopic (exact) mass is 309 g/mol. The largest absolute Gasteiger partial charge is 0.494 e. The number of esters is 1. The van der Waals surface area contributed by atoms with E-state index in [0.29, 0.717) is 11.3 Å². The van der Waals surface area contributed by atoms with E-state index in [1.807, 2.05) is 0 Å². The molecule has 4 nitrogen and oxygen atoms in total. The molecule has 0 saturated heterocycles. The van der Waals surface area contributed by atoms with Crippen LogP contribution in [-0.4, -0.2) is 13.1 Å². The summed E-state index contributed by atoms with van der Waals surface area (Å²) in [6.45, 7) is -0.0735. The summed E-state index contributed by atoms with van der Waals surface area (Å²) in [5.74, 6) is -0.792. The average Bonchev–Trinajstić information content (AvgIpc) is 2.45. The highest BCUT2D eigenvalue weighted by Gasteiger charge is 2.16. The van der Waals surface area contributed by atoms with Crippen LogP contribution in [0.4, 0.5) is 10.1 Å². The number of rotatable bonds is 4. The highest BCUT2D eigenvalue weighted by Crippen LogP contribution is 2.27. The fourth-order valence-corrected chi connectivity index (χ4v) is 2.02. The van der Waals surface area contributed by atoms with Gasteiger partial charge in [-0.15, -0.1) is 0 Å². The third-order valence-electron chi connectivity index (χ3n) is 2.84. The number of benzene rings is 2. The maximum atomic E-state index is 12.9. The molecule has 0 saturated carbocycles. The highest BCUT2D eigenvalue weighted by atomic mass is 35.5. The van der Waals surface area contributed by atoms with Crippen LogP contribution in [0.15, 0.2) is 36.4 Å². The number of nitrogens with two attached hydrogens (primary N) is 1. The first-order chi connectivity index (χ1) is 10.0. The lowest BCUT2D eigenvalue weighted by atomic mass is 10.1. The number of carbonyl (C=O) groups excluding carboxylic acids is 1. The molecule has 2 aromatic carbocycles. The zero-order chi connectivity index (χ0) is 15.4. The molecule has 0 aliphatic heterocycles. The molecule has 2 rings (SSSR count). The van der Waals surface area contributed by atoms with Crippen molar-refractivity contribution in [1.82, 2.24) is 0 Å². The SMILES string of the molecule is COc1c(N)cccc1C(=O)OCc1ccc(F)cc1Cl. The van der Waals surface area contributed by atoms with Crippen LogP contribution < -0.4 is 10.5 Å². The van der Waals surface area contributed by atoms with Crippen LogP contribution in [0.25, 0.3) is 0 Å². The molecule has 0 heterocycles. The molecule has 0 spiro atoms. The summed E-state index contributed by atoms with van der Waals surface area (Å²) in [7, 11) is 1.42. The number of anilines is 1. The van der Waals surface area contributed by atoms with Crippen LogP contribution in [0.2, 0.25) is 5.02 Å². The standard InChI is InChI=1S/C15H13ClFNO3/c1-20-14-11(3-2-4-13(14)18)15(19)21-8-9-5-6-10(17)7-12(9)16/h2-7H,8,18H2,1H3. The van der Waals surface area contributed by atoms with Crippen molar-refractivity contribution < 1.29 is 18.7 Å². The van der Waals surface area contributed by atoms with E-state index in [0.717, 1.165) is 6.07 Å². The molecular formula is C15H13ClFNO3. The van der Waals surface area contributed by atoms with Gasteiger partial charge in [0.1, 0.15) is 18.0 Å². The van der Waals surface area contributed by atoms with Crippen molar-refractivity contribution in [2.75, 3.05) is 12.8 Å². The number of hydrogen-bond donors (Lipinski definition) is 1. The summed E-state index contributed by atoms with van der Waals surface area (Å²) in [4.78, 5) is 12.1.